The summed E-state index contributed by atoms with van der Waals surface area (Å²) in [4.78, 5) is 8.84. The van der Waals surface area contributed by atoms with Crippen molar-refractivity contribution in [2.45, 2.75) is 26.7 Å². The van der Waals surface area contributed by atoms with Crippen LogP contribution in [0.1, 0.15) is 32.4 Å². The third-order valence-electron chi connectivity index (χ3n) is 2.78. The maximum atomic E-state index is 5.84. The molecule has 1 heterocycles. The van der Waals surface area contributed by atoms with E-state index < -0.39 is 0 Å². The van der Waals surface area contributed by atoms with Crippen LogP contribution in [0.25, 0.3) is 11.4 Å². The molecule has 0 aliphatic carbocycles. The summed E-state index contributed by atoms with van der Waals surface area (Å²) in [5.74, 6) is 2.33. The first-order valence-electron chi connectivity index (χ1n) is 6.48. The van der Waals surface area contributed by atoms with Gasteiger partial charge in [0.05, 0.1) is 6.61 Å². The first kappa shape index (κ1) is 13.3. The van der Waals surface area contributed by atoms with Gasteiger partial charge in [-0.1, -0.05) is 13.8 Å². The fourth-order valence-electron chi connectivity index (χ4n) is 1.78. The molecule has 0 atom stereocenters. The van der Waals surface area contributed by atoms with E-state index in [4.69, 9.17) is 10.5 Å². The Labute approximate surface area is 113 Å². The Hall–Kier alpha value is -2.10. The normalized spacial score (nSPS) is 10.7. The van der Waals surface area contributed by atoms with Gasteiger partial charge in [-0.05, 0) is 37.1 Å². The van der Waals surface area contributed by atoms with Crippen molar-refractivity contribution in [3.8, 4) is 17.1 Å². The highest BCUT2D eigenvalue weighted by molar-refractivity contribution is 5.58. The van der Waals surface area contributed by atoms with E-state index in [9.17, 15) is 0 Å². The summed E-state index contributed by atoms with van der Waals surface area (Å²) in [7, 11) is 0. The number of nitrogens with two attached hydrogens (primary N) is 1. The second-order valence-corrected chi connectivity index (χ2v) is 4.65. The molecule has 0 spiro atoms. The summed E-state index contributed by atoms with van der Waals surface area (Å²) < 4.78 is 5.42. The van der Waals surface area contributed by atoms with Crippen molar-refractivity contribution in [2.24, 2.45) is 0 Å². The molecule has 0 amide bonds. The molecular weight excluding hydrogens is 238 g/mol. The van der Waals surface area contributed by atoms with Crippen molar-refractivity contribution in [1.29, 1.82) is 0 Å². The number of aromatic nitrogens is 2. The smallest absolute Gasteiger partial charge is 0.161 e. The van der Waals surface area contributed by atoms with Gasteiger partial charge in [0.15, 0.2) is 5.82 Å². The van der Waals surface area contributed by atoms with Crippen LogP contribution in [0.3, 0.4) is 0 Å². The highest BCUT2D eigenvalue weighted by Crippen LogP contribution is 2.22. The summed E-state index contributed by atoms with van der Waals surface area (Å²) >= 11 is 0. The molecule has 1 aromatic heterocycles. The van der Waals surface area contributed by atoms with E-state index in [0.717, 1.165) is 17.0 Å². The average molecular weight is 257 g/mol. The molecule has 0 saturated heterocycles. The van der Waals surface area contributed by atoms with E-state index in [2.05, 4.69) is 23.8 Å². The largest absolute Gasteiger partial charge is 0.494 e. The number of ether oxygens (including phenoxy) is 1. The predicted molar refractivity (Wildman–Crippen MR) is 77.1 cm³/mol. The molecule has 0 bridgehead atoms. The lowest BCUT2D eigenvalue weighted by molar-refractivity contribution is 0.340. The molecule has 19 heavy (non-hydrogen) atoms. The first-order chi connectivity index (χ1) is 9.10. The van der Waals surface area contributed by atoms with E-state index >= 15 is 0 Å². The number of hydrogen-bond donors (Lipinski definition) is 1. The van der Waals surface area contributed by atoms with Crippen molar-refractivity contribution < 1.29 is 4.74 Å². The SMILES string of the molecule is CCOc1ccc(-c2nc(N)cc(C(C)C)n2)cc1. The average Bonchev–Trinajstić information content (AvgIpc) is 2.39. The van der Waals surface area contributed by atoms with Crippen LogP contribution in [0.5, 0.6) is 5.75 Å². The van der Waals surface area contributed by atoms with Crippen LogP contribution >= 0.6 is 0 Å². The number of hydrogen-bond acceptors (Lipinski definition) is 4. The van der Waals surface area contributed by atoms with E-state index in [1.165, 1.54) is 0 Å². The van der Waals surface area contributed by atoms with Gasteiger partial charge in [0, 0.05) is 17.3 Å². The molecule has 0 aliphatic rings. The molecule has 0 unspecified atom stereocenters. The van der Waals surface area contributed by atoms with Gasteiger partial charge < -0.3 is 10.5 Å². The zero-order valence-corrected chi connectivity index (χ0v) is 11.6. The van der Waals surface area contributed by atoms with Gasteiger partial charge in [-0.15, -0.1) is 0 Å². The quantitative estimate of drug-likeness (QED) is 0.913. The summed E-state index contributed by atoms with van der Waals surface area (Å²) in [6.07, 6.45) is 0. The van der Waals surface area contributed by atoms with E-state index in [1.54, 1.807) is 0 Å². The van der Waals surface area contributed by atoms with E-state index in [-0.39, 0.29) is 0 Å². The molecule has 0 radical (unpaired) electrons. The molecule has 1 aromatic carbocycles. The van der Waals surface area contributed by atoms with Crippen LogP contribution in [0, 0.1) is 0 Å². The highest BCUT2D eigenvalue weighted by atomic mass is 16.5. The van der Waals surface area contributed by atoms with Crippen LogP contribution in [0.2, 0.25) is 0 Å². The second kappa shape index (κ2) is 5.69. The molecule has 2 N–H and O–H groups in total. The van der Waals surface area contributed by atoms with Crippen LogP contribution in [-0.2, 0) is 0 Å². The van der Waals surface area contributed by atoms with Gasteiger partial charge in [0.2, 0.25) is 0 Å². The molecule has 0 aliphatic heterocycles. The summed E-state index contributed by atoms with van der Waals surface area (Å²) in [5, 5.41) is 0. The van der Waals surface area contributed by atoms with Gasteiger partial charge >= 0.3 is 0 Å². The van der Waals surface area contributed by atoms with Crippen molar-refractivity contribution in [3.05, 3.63) is 36.0 Å². The lowest BCUT2D eigenvalue weighted by atomic mass is 10.1. The predicted octanol–water partition coefficient (Wildman–Crippen LogP) is 3.25. The molecular formula is C15H19N3O. The van der Waals surface area contributed by atoms with Gasteiger partial charge in [-0.25, -0.2) is 9.97 Å². The standard InChI is InChI=1S/C15H19N3O/c1-4-19-12-7-5-11(6-8-12)15-17-13(10(2)3)9-14(16)18-15/h5-10H,4H2,1-3H3,(H2,16,17,18). The molecule has 2 rings (SSSR count). The lowest BCUT2D eigenvalue weighted by Crippen LogP contribution is -2.01. The molecule has 4 nitrogen and oxygen atoms in total. The van der Waals surface area contributed by atoms with Crippen LogP contribution in [0.15, 0.2) is 30.3 Å². The Kier molecular flexibility index (Phi) is 4.00. The van der Waals surface area contributed by atoms with E-state index in [0.29, 0.717) is 24.2 Å². The highest BCUT2D eigenvalue weighted by Gasteiger charge is 2.08. The van der Waals surface area contributed by atoms with Gasteiger partial charge in [-0.3, -0.25) is 0 Å². The molecule has 0 fully saturated rings. The van der Waals surface area contributed by atoms with Crippen LogP contribution in [0.4, 0.5) is 5.82 Å². The third kappa shape index (κ3) is 3.22. The zero-order valence-electron chi connectivity index (χ0n) is 11.6. The summed E-state index contributed by atoms with van der Waals surface area (Å²) in [6.45, 7) is 6.79. The number of rotatable bonds is 4. The molecule has 100 valence electrons. The monoisotopic (exact) mass is 257 g/mol. The Morgan fingerprint density at radius 3 is 2.42 bits per heavy atom. The number of nitrogens with zero attached hydrogens (tertiary/aromatic N) is 2. The molecule has 2 aromatic rings. The number of anilines is 1. The van der Waals surface area contributed by atoms with Gasteiger partial charge in [0.25, 0.3) is 0 Å². The van der Waals surface area contributed by atoms with Gasteiger partial charge in [0.1, 0.15) is 11.6 Å². The van der Waals surface area contributed by atoms with Crippen molar-refractivity contribution in [2.75, 3.05) is 12.3 Å². The van der Waals surface area contributed by atoms with Crippen LogP contribution < -0.4 is 10.5 Å². The summed E-state index contributed by atoms with van der Waals surface area (Å²) in [6, 6.07) is 9.55. The van der Waals surface area contributed by atoms with Crippen LogP contribution in [-0.4, -0.2) is 16.6 Å². The fraction of sp³-hybridized carbons (Fsp3) is 0.333. The minimum Gasteiger partial charge on any atom is -0.494 e. The minimum absolute atomic E-state index is 0.326. The lowest BCUT2D eigenvalue weighted by Gasteiger charge is -2.09. The Morgan fingerprint density at radius 1 is 1.16 bits per heavy atom. The maximum absolute atomic E-state index is 5.84. The number of benzene rings is 1. The Bertz CT molecular complexity index is 550. The Morgan fingerprint density at radius 2 is 1.84 bits per heavy atom. The Balaban J connectivity index is 2.35. The molecule has 0 saturated carbocycles. The first-order valence-corrected chi connectivity index (χ1v) is 6.48. The zero-order chi connectivity index (χ0) is 13.8. The topological polar surface area (TPSA) is 61.0 Å². The summed E-state index contributed by atoms with van der Waals surface area (Å²) in [5.41, 5.74) is 7.73. The van der Waals surface area contributed by atoms with E-state index in [1.807, 2.05) is 37.3 Å². The van der Waals surface area contributed by atoms with Gasteiger partial charge in [-0.2, -0.15) is 0 Å². The van der Waals surface area contributed by atoms with Crippen molar-refractivity contribution >= 4 is 5.82 Å². The number of nitrogen functional groups attached to an aromatic ring is 1. The fourth-order valence-corrected chi connectivity index (χ4v) is 1.78. The van der Waals surface area contributed by atoms with Crippen molar-refractivity contribution in [3.63, 3.8) is 0 Å². The minimum atomic E-state index is 0.326. The third-order valence-corrected chi connectivity index (χ3v) is 2.78. The maximum Gasteiger partial charge on any atom is 0.161 e. The van der Waals surface area contributed by atoms with Crippen molar-refractivity contribution in [1.82, 2.24) is 9.97 Å². The molecule has 4 heteroatoms. The second-order valence-electron chi connectivity index (χ2n) is 4.65.